The maximum absolute atomic E-state index is 12.8. The molecule has 6 heteroatoms. The highest BCUT2D eigenvalue weighted by Gasteiger charge is 2.47. The molecule has 0 radical (unpaired) electrons. The molecule has 4 unspecified atom stereocenters. The van der Waals surface area contributed by atoms with Crippen molar-refractivity contribution in [1.29, 1.82) is 0 Å². The summed E-state index contributed by atoms with van der Waals surface area (Å²) in [6, 6.07) is 5.48. The molecule has 1 saturated heterocycles. The van der Waals surface area contributed by atoms with E-state index in [1.54, 1.807) is 11.0 Å². The van der Waals surface area contributed by atoms with Crippen molar-refractivity contribution in [1.82, 2.24) is 4.90 Å². The number of likely N-dealkylation sites (tertiary alicyclic amines) is 1. The minimum atomic E-state index is -0.816. The van der Waals surface area contributed by atoms with E-state index < -0.39 is 11.9 Å². The summed E-state index contributed by atoms with van der Waals surface area (Å²) in [6.45, 7) is 2.30. The van der Waals surface area contributed by atoms with Crippen molar-refractivity contribution in [2.45, 2.75) is 38.1 Å². The van der Waals surface area contributed by atoms with E-state index in [2.05, 4.69) is 0 Å². The number of carbonyl (C=O) groups is 2. The molecule has 4 atom stereocenters. The summed E-state index contributed by atoms with van der Waals surface area (Å²) in [6.07, 6.45) is 2.15. The monoisotopic (exact) mass is 355 g/mol. The molecule has 3 rings (SSSR count). The van der Waals surface area contributed by atoms with Crippen LogP contribution in [0, 0.1) is 11.8 Å². The lowest BCUT2D eigenvalue weighted by atomic mass is 9.93. The van der Waals surface area contributed by atoms with Gasteiger partial charge in [0.2, 0.25) is 5.91 Å². The molecule has 2 aliphatic rings. The number of aliphatic carboxylic acids is 1. The van der Waals surface area contributed by atoms with Gasteiger partial charge in [-0.2, -0.15) is 0 Å². The van der Waals surface area contributed by atoms with E-state index in [1.807, 2.05) is 19.1 Å². The van der Waals surface area contributed by atoms with Gasteiger partial charge in [0.15, 0.2) is 0 Å². The number of benzene rings is 1. The summed E-state index contributed by atoms with van der Waals surface area (Å²) in [5, 5.41) is 10.3. The average Bonchev–Trinajstić information content (AvgIpc) is 3.26. The lowest BCUT2D eigenvalue weighted by molar-refractivity contribution is -0.147. The first kappa shape index (κ1) is 16.6. The molecule has 1 aliphatic heterocycles. The smallest absolute Gasteiger partial charge is 0.308 e. The molecule has 2 fully saturated rings. The quantitative estimate of drug-likeness (QED) is 0.896. The van der Waals surface area contributed by atoms with E-state index in [9.17, 15) is 14.7 Å². The van der Waals surface area contributed by atoms with Gasteiger partial charge >= 0.3 is 5.97 Å². The number of rotatable bonds is 3. The van der Waals surface area contributed by atoms with E-state index in [4.69, 9.17) is 23.2 Å². The van der Waals surface area contributed by atoms with Crippen molar-refractivity contribution >= 4 is 35.1 Å². The van der Waals surface area contributed by atoms with E-state index in [0.717, 1.165) is 18.4 Å². The fourth-order valence-corrected chi connectivity index (χ4v) is 4.00. The average molecular weight is 356 g/mol. The molecule has 1 N–H and O–H groups in total. The van der Waals surface area contributed by atoms with Gasteiger partial charge in [-0.1, -0.05) is 23.2 Å². The molecular weight excluding hydrogens is 337 g/mol. The number of piperidine rings is 1. The Morgan fingerprint density at radius 1 is 1.17 bits per heavy atom. The number of halogens is 2. The zero-order chi connectivity index (χ0) is 16.7. The zero-order valence-corrected chi connectivity index (χ0v) is 14.3. The predicted octanol–water partition coefficient (Wildman–Crippen LogP) is 3.81. The van der Waals surface area contributed by atoms with Crippen LogP contribution in [0.3, 0.4) is 0 Å². The molecule has 23 heavy (non-hydrogen) atoms. The van der Waals surface area contributed by atoms with E-state index in [-0.39, 0.29) is 23.8 Å². The third kappa shape index (κ3) is 3.48. The zero-order valence-electron chi connectivity index (χ0n) is 12.8. The predicted molar refractivity (Wildman–Crippen MR) is 88.8 cm³/mol. The molecule has 0 spiro atoms. The Balaban J connectivity index is 1.70. The molecule has 0 aromatic heterocycles. The largest absolute Gasteiger partial charge is 0.481 e. The van der Waals surface area contributed by atoms with E-state index in [0.29, 0.717) is 23.0 Å². The topological polar surface area (TPSA) is 57.6 Å². The lowest BCUT2D eigenvalue weighted by Crippen LogP contribution is -2.48. The Morgan fingerprint density at radius 2 is 1.83 bits per heavy atom. The van der Waals surface area contributed by atoms with Crippen LogP contribution >= 0.6 is 23.2 Å². The van der Waals surface area contributed by atoms with E-state index in [1.165, 1.54) is 0 Å². The lowest BCUT2D eigenvalue weighted by Gasteiger charge is -2.36. The van der Waals surface area contributed by atoms with Crippen LogP contribution in [0.25, 0.3) is 0 Å². The van der Waals surface area contributed by atoms with Crippen LogP contribution in [0.2, 0.25) is 10.0 Å². The van der Waals surface area contributed by atoms with Gasteiger partial charge in [-0.05, 0) is 55.9 Å². The standard InChI is InChI=1S/C17H19Cl2NO3/c1-9-2-3-10(17(22)23)8-20(9)16(21)15-7-14(15)11-4-12(18)6-13(19)5-11/h4-6,9-10,14-15H,2-3,7-8H2,1H3,(H,22,23). The maximum Gasteiger partial charge on any atom is 0.308 e. The van der Waals surface area contributed by atoms with Gasteiger partial charge < -0.3 is 10.0 Å². The number of carboxylic acids is 1. The van der Waals surface area contributed by atoms with Crippen LogP contribution in [0.15, 0.2) is 18.2 Å². The third-order valence-electron chi connectivity index (χ3n) is 4.94. The van der Waals surface area contributed by atoms with Gasteiger partial charge in [-0.25, -0.2) is 0 Å². The Morgan fingerprint density at radius 3 is 2.43 bits per heavy atom. The van der Waals surface area contributed by atoms with E-state index >= 15 is 0 Å². The molecule has 1 aromatic carbocycles. The Bertz CT molecular complexity index is 628. The summed E-state index contributed by atoms with van der Waals surface area (Å²) in [5.41, 5.74) is 0.986. The Labute approximate surface area is 145 Å². The molecule has 1 saturated carbocycles. The fraction of sp³-hybridized carbons (Fsp3) is 0.529. The highest BCUT2D eigenvalue weighted by molar-refractivity contribution is 6.34. The summed E-state index contributed by atoms with van der Waals surface area (Å²) in [4.78, 5) is 25.7. The normalized spacial score (nSPS) is 30.1. The number of hydrogen-bond donors (Lipinski definition) is 1. The Hall–Kier alpha value is -1.26. The fourth-order valence-electron chi connectivity index (χ4n) is 3.45. The highest BCUT2D eigenvalue weighted by Crippen LogP contribution is 2.50. The van der Waals surface area contributed by atoms with Gasteiger partial charge in [-0.3, -0.25) is 9.59 Å². The van der Waals surface area contributed by atoms with Crippen molar-refractivity contribution in [3.05, 3.63) is 33.8 Å². The molecule has 124 valence electrons. The second kappa shape index (κ2) is 6.33. The van der Waals surface area contributed by atoms with Gasteiger partial charge in [0, 0.05) is 28.5 Å². The molecule has 1 aliphatic carbocycles. The second-order valence-electron chi connectivity index (χ2n) is 6.60. The summed E-state index contributed by atoms with van der Waals surface area (Å²) in [5.74, 6) is -1.16. The van der Waals surface area contributed by atoms with Crippen LogP contribution in [0.1, 0.15) is 37.7 Å². The van der Waals surface area contributed by atoms with Crippen molar-refractivity contribution < 1.29 is 14.7 Å². The van der Waals surface area contributed by atoms with Crippen LogP contribution < -0.4 is 0 Å². The molecule has 1 amide bonds. The molecule has 4 nitrogen and oxygen atoms in total. The van der Waals surface area contributed by atoms with Gasteiger partial charge in [-0.15, -0.1) is 0 Å². The van der Waals surface area contributed by atoms with Gasteiger partial charge in [0.1, 0.15) is 0 Å². The number of carbonyl (C=O) groups excluding carboxylic acids is 1. The molecule has 1 heterocycles. The van der Waals surface area contributed by atoms with Crippen LogP contribution in [-0.2, 0) is 9.59 Å². The van der Waals surface area contributed by atoms with Crippen LogP contribution in [0.5, 0.6) is 0 Å². The number of carboxylic acid groups (broad SMARTS) is 1. The minimum absolute atomic E-state index is 0.0598. The first-order valence-electron chi connectivity index (χ1n) is 7.86. The number of nitrogens with zero attached hydrogens (tertiary/aromatic N) is 1. The van der Waals surface area contributed by atoms with Crippen molar-refractivity contribution in [3.8, 4) is 0 Å². The Kier molecular flexibility index (Phi) is 4.56. The minimum Gasteiger partial charge on any atom is -0.481 e. The van der Waals surface area contributed by atoms with Crippen molar-refractivity contribution in [3.63, 3.8) is 0 Å². The maximum atomic E-state index is 12.8. The van der Waals surface area contributed by atoms with Crippen molar-refractivity contribution in [2.24, 2.45) is 11.8 Å². The van der Waals surface area contributed by atoms with Crippen LogP contribution in [0.4, 0.5) is 0 Å². The molecule has 0 bridgehead atoms. The highest BCUT2D eigenvalue weighted by atomic mass is 35.5. The molecule has 1 aromatic rings. The van der Waals surface area contributed by atoms with Gasteiger partial charge in [0.25, 0.3) is 0 Å². The first-order chi connectivity index (χ1) is 10.9. The third-order valence-corrected chi connectivity index (χ3v) is 5.37. The SMILES string of the molecule is CC1CCC(C(=O)O)CN1C(=O)C1CC1c1cc(Cl)cc(Cl)c1. The number of amides is 1. The van der Waals surface area contributed by atoms with Gasteiger partial charge in [0.05, 0.1) is 5.92 Å². The van der Waals surface area contributed by atoms with Crippen molar-refractivity contribution in [2.75, 3.05) is 6.54 Å². The first-order valence-corrected chi connectivity index (χ1v) is 8.61. The second-order valence-corrected chi connectivity index (χ2v) is 7.48. The summed E-state index contributed by atoms with van der Waals surface area (Å²) >= 11 is 12.1. The summed E-state index contributed by atoms with van der Waals surface area (Å²) in [7, 11) is 0. The molecular formula is C17H19Cl2NO3. The number of hydrogen-bond acceptors (Lipinski definition) is 2. The summed E-state index contributed by atoms with van der Waals surface area (Å²) < 4.78 is 0. The van der Waals surface area contributed by atoms with Crippen LogP contribution in [-0.4, -0.2) is 34.5 Å².